The predicted octanol–water partition coefficient (Wildman–Crippen LogP) is 1.75. The van der Waals surface area contributed by atoms with Crippen LogP contribution in [0.25, 0.3) is 0 Å². The zero-order chi connectivity index (χ0) is 12.1. The van der Waals surface area contributed by atoms with Crippen LogP contribution in [0.1, 0.15) is 12.5 Å². The van der Waals surface area contributed by atoms with Gasteiger partial charge >= 0.3 is 5.69 Å². The highest BCUT2D eigenvalue weighted by molar-refractivity contribution is 5.60. The van der Waals surface area contributed by atoms with Crippen molar-refractivity contribution in [3.8, 4) is 0 Å². The Bertz CT molecular complexity index is 382. The van der Waals surface area contributed by atoms with Crippen molar-refractivity contribution < 1.29 is 9.66 Å². The normalized spacial score (nSPS) is 12.2. The van der Waals surface area contributed by atoms with E-state index in [1.54, 1.807) is 26.3 Å². The van der Waals surface area contributed by atoms with Crippen LogP contribution in [0.15, 0.2) is 12.3 Å². The quantitative estimate of drug-likeness (QED) is 0.610. The molecule has 0 aromatic carbocycles. The largest absolute Gasteiger partial charge is 0.383 e. The average Bonchev–Trinajstić information content (AvgIpc) is 2.17. The molecule has 0 fully saturated rings. The zero-order valence-corrected chi connectivity index (χ0v) is 9.56. The van der Waals surface area contributed by atoms with Crippen LogP contribution in [0.5, 0.6) is 0 Å². The Morgan fingerprint density at radius 2 is 2.38 bits per heavy atom. The van der Waals surface area contributed by atoms with Gasteiger partial charge in [0.25, 0.3) is 0 Å². The molecule has 1 rings (SSSR count). The standard InChI is InChI=1S/C10H15N3O3/c1-7-4-5-11-10(9(7)13(14)15)12-8(2)6-16-3/h4-5,8H,6H2,1-3H3,(H,11,12). The summed E-state index contributed by atoms with van der Waals surface area (Å²) in [4.78, 5) is 14.4. The first-order chi connectivity index (χ1) is 7.56. The lowest BCUT2D eigenvalue weighted by molar-refractivity contribution is -0.384. The topological polar surface area (TPSA) is 77.3 Å². The third kappa shape index (κ3) is 2.90. The van der Waals surface area contributed by atoms with Gasteiger partial charge in [-0.1, -0.05) is 0 Å². The number of aryl methyl sites for hydroxylation is 1. The summed E-state index contributed by atoms with van der Waals surface area (Å²) in [7, 11) is 1.58. The van der Waals surface area contributed by atoms with Crippen molar-refractivity contribution in [1.29, 1.82) is 0 Å². The number of hydrogen-bond acceptors (Lipinski definition) is 5. The summed E-state index contributed by atoms with van der Waals surface area (Å²) >= 11 is 0. The number of nitrogens with zero attached hydrogens (tertiary/aromatic N) is 2. The second kappa shape index (κ2) is 5.41. The van der Waals surface area contributed by atoms with Crippen molar-refractivity contribution in [2.24, 2.45) is 0 Å². The maximum atomic E-state index is 10.9. The number of hydrogen-bond donors (Lipinski definition) is 1. The van der Waals surface area contributed by atoms with Crippen LogP contribution in [0.4, 0.5) is 11.5 Å². The minimum atomic E-state index is -0.426. The number of anilines is 1. The molecule has 0 amide bonds. The van der Waals surface area contributed by atoms with Crippen LogP contribution >= 0.6 is 0 Å². The summed E-state index contributed by atoms with van der Waals surface area (Å²) in [5.41, 5.74) is 0.609. The SMILES string of the molecule is COCC(C)Nc1nccc(C)c1[N+](=O)[O-]. The second-order valence-electron chi connectivity index (χ2n) is 3.58. The highest BCUT2D eigenvalue weighted by Crippen LogP contribution is 2.25. The lowest BCUT2D eigenvalue weighted by Gasteiger charge is -2.13. The van der Waals surface area contributed by atoms with Crippen LogP contribution < -0.4 is 5.32 Å². The van der Waals surface area contributed by atoms with Gasteiger partial charge in [-0.15, -0.1) is 0 Å². The summed E-state index contributed by atoms with van der Waals surface area (Å²) in [6, 6.07) is 1.59. The third-order valence-electron chi connectivity index (χ3n) is 2.11. The van der Waals surface area contributed by atoms with Crippen molar-refractivity contribution in [1.82, 2.24) is 4.98 Å². The molecule has 1 heterocycles. The van der Waals surface area contributed by atoms with Crippen molar-refractivity contribution in [3.05, 3.63) is 27.9 Å². The van der Waals surface area contributed by atoms with E-state index in [9.17, 15) is 10.1 Å². The Morgan fingerprint density at radius 3 is 2.94 bits per heavy atom. The number of nitro groups is 1. The van der Waals surface area contributed by atoms with Gasteiger partial charge in [-0.25, -0.2) is 4.98 Å². The molecule has 6 nitrogen and oxygen atoms in total. The summed E-state index contributed by atoms with van der Waals surface area (Å²) in [5, 5.41) is 13.8. The van der Waals surface area contributed by atoms with E-state index in [4.69, 9.17) is 4.74 Å². The molecule has 0 aliphatic heterocycles. The minimum Gasteiger partial charge on any atom is -0.383 e. The molecule has 0 aliphatic carbocycles. The Balaban J connectivity index is 2.95. The molecule has 88 valence electrons. The molecule has 0 saturated carbocycles. The monoisotopic (exact) mass is 225 g/mol. The van der Waals surface area contributed by atoms with E-state index in [1.165, 1.54) is 0 Å². The molecule has 0 bridgehead atoms. The van der Waals surface area contributed by atoms with Gasteiger partial charge in [-0.3, -0.25) is 10.1 Å². The number of methoxy groups -OCH3 is 1. The molecule has 0 aliphatic rings. The first kappa shape index (κ1) is 12.4. The van der Waals surface area contributed by atoms with Crippen LogP contribution in [0.3, 0.4) is 0 Å². The number of aromatic nitrogens is 1. The molecular weight excluding hydrogens is 210 g/mol. The van der Waals surface area contributed by atoms with E-state index >= 15 is 0 Å². The maximum absolute atomic E-state index is 10.9. The van der Waals surface area contributed by atoms with Gasteiger partial charge in [0.2, 0.25) is 5.82 Å². The summed E-state index contributed by atoms with van der Waals surface area (Å²) in [5.74, 6) is 0.287. The van der Waals surface area contributed by atoms with Gasteiger partial charge in [0.05, 0.1) is 11.5 Å². The summed E-state index contributed by atoms with van der Waals surface area (Å²) < 4.78 is 4.95. The molecule has 1 N–H and O–H groups in total. The van der Waals surface area contributed by atoms with Gasteiger partial charge in [-0.05, 0) is 19.9 Å². The van der Waals surface area contributed by atoms with E-state index in [1.807, 2.05) is 6.92 Å². The molecule has 0 radical (unpaired) electrons. The fourth-order valence-electron chi connectivity index (χ4n) is 1.41. The van der Waals surface area contributed by atoms with E-state index in [2.05, 4.69) is 10.3 Å². The molecule has 0 spiro atoms. The zero-order valence-electron chi connectivity index (χ0n) is 9.56. The Labute approximate surface area is 93.8 Å². The van der Waals surface area contributed by atoms with Gasteiger partial charge in [-0.2, -0.15) is 0 Å². The number of nitrogens with one attached hydrogen (secondary N) is 1. The van der Waals surface area contributed by atoms with Crippen LogP contribution in [-0.2, 0) is 4.74 Å². The predicted molar refractivity (Wildman–Crippen MR) is 60.6 cm³/mol. The minimum absolute atomic E-state index is 0.0189. The van der Waals surface area contributed by atoms with Crippen molar-refractivity contribution in [3.63, 3.8) is 0 Å². The molecule has 1 unspecified atom stereocenters. The van der Waals surface area contributed by atoms with Gasteiger partial charge < -0.3 is 10.1 Å². The molecule has 6 heteroatoms. The lowest BCUT2D eigenvalue weighted by Crippen LogP contribution is -2.22. The molecule has 0 saturated heterocycles. The maximum Gasteiger partial charge on any atom is 0.314 e. The molecule has 1 aromatic rings. The Hall–Kier alpha value is -1.69. The molecule has 1 aromatic heterocycles. The highest BCUT2D eigenvalue weighted by Gasteiger charge is 2.19. The van der Waals surface area contributed by atoms with Gasteiger partial charge in [0.1, 0.15) is 0 Å². The summed E-state index contributed by atoms with van der Waals surface area (Å²) in [6.45, 7) is 4.02. The van der Waals surface area contributed by atoms with Crippen LogP contribution in [-0.4, -0.2) is 29.7 Å². The van der Waals surface area contributed by atoms with E-state index in [0.29, 0.717) is 12.2 Å². The average molecular weight is 225 g/mol. The number of pyridine rings is 1. The van der Waals surface area contributed by atoms with Crippen molar-refractivity contribution in [2.75, 3.05) is 19.0 Å². The Morgan fingerprint density at radius 1 is 1.69 bits per heavy atom. The van der Waals surface area contributed by atoms with E-state index in [0.717, 1.165) is 0 Å². The first-order valence-electron chi connectivity index (χ1n) is 4.91. The van der Waals surface area contributed by atoms with Gasteiger partial charge in [0.15, 0.2) is 0 Å². The molecular formula is C10H15N3O3. The van der Waals surface area contributed by atoms with Crippen LogP contribution in [0, 0.1) is 17.0 Å². The fraction of sp³-hybridized carbons (Fsp3) is 0.500. The number of rotatable bonds is 5. The summed E-state index contributed by atoms with van der Waals surface area (Å²) in [6.07, 6.45) is 1.55. The fourth-order valence-corrected chi connectivity index (χ4v) is 1.41. The van der Waals surface area contributed by atoms with Gasteiger partial charge in [0, 0.05) is 24.9 Å². The van der Waals surface area contributed by atoms with Crippen molar-refractivity contribution >= 4 is 11.5 Å². The van der Waals surface area contributed by atoms with Crippen molar-refractivity contribution in [2.45, 2.75) is 19.9 Å². The van der Waals surface area contributed by atoms with E-state index < -0.39 is 4.92 Å². The lowest BCUT2D eigenvalue weighted by atomic mass is 10.2. The molecule has 16 heavy (non-hydrogen) atoms. The molecule has 1 atom stereocenters. The second-order valence-corrected chi connectivity index (χ2v) is 3.58. The smallest absolute Gasteiger partial charge is 0.314 e. The van der Waals surface area contributed by atoms with Crippen LogP contribution in [0.2, 0.25) is 0 Å². The first-order valence-corrected chi connectivity index (χ1v) is 4.91. The van der Waals surface area contributed by atoms with E-state index in [-0.39, 0.29) is 17.5 Å². The number of ether oxygens (including phenoxy) is 1. The third-order valence-corrected chi connectivity index (χ3v) is 2.11. The highest BCUT2D eigenvalue weighted by atomic mass is 16.6. The Kier molecular flexibility index (Phi) is 4.19.